The van der Waals surface area contributed by atoms with Gasteiger partial charge >= 0.3 is 6.09 Å². The molecule has 4 aromatic rings. The lowest BCUT2D eigenvalue weighted by atomic mass is 9.87. The molecule has 1 N–H and O–H groups in total. The van der Waals surface area contributed by atoms with E-state index in [1.54, 1.807) is 0 Å². The minimum absolute atomic E-state index is 0.0405. The summed E-state index contributed by atoms with van der Waals surface area (Å²) in [7, 11) is -1.45. The maximum Gasteiger partial charge on any atom is 0.407 e. The molecule has 1 aliphatic heterocycles. The van der Waals surface area contributed by atoms with E-state index in [1.165, 1.54) is 4.90 Å². The summed E-state index contributed by atoms with van der Waals surface area (Å²) in [6.45, 7) is 11.1. The van der Waals surface area contributed by atoms with E-state index in [4.69, 9.17) is 23.7 Å². The molecule has 1 aliphatic rings. The van der Waals surface area contributed by atoms with Gasteiger partial charge in [0.05, 0.1) is 27.3 Å². The molecule has 3 unspecified atom stereocenters. The number of rotatable bonds is 14. The highest BCUT2D eigenvalue weighted by Crippen LogP contribution is 2.34. The van der Waals surface area contributed by atoms with Gasteiger partial charge in [0, 0.05) is 23.6 Å². The largest absolute Gasteiger partial charge is 0.490 e. The number of fused-ring (bicyclic) bond motifs is 1. The first kappa shape index (κ1) is 33.3. The van der Waals surface area contributed by atoms with Gasteiger partial charge < -0.3 is 33.7 Å². The summed E-state index contributed by atoms with van der Waals surface area (Å²) in [6.07, 6.45) is -0.573. The van der Waals surface area contributed by atoms with Crippen molar-refractivity contribution in [1.29, 1.82) is 0 Å². The number of hydrogen-bond acceptors (Lipinski definition) is 6. The zero-order valence-corrected chi connectivity index (χ0v) is 28.2. The van der Waals surface area contributed by atoms with Crippen molar-refractivity contribution in [2.45, 2.75) is 57.3 Å². The van der Waals surface area contributed by atoms with Crippen LogP contribution in [0.2, 0.25) is 19.6 Å². The fourth-order valence-corrected chi connectivity index (χ4v) is 6.05. The first-order valence-corrected chi connectivity index (χ1v) is 19.5. The van der Waals surface area contributed by atoms with Crippen LogP contribution in [0.15, 0.2) is 91.0 Å². The molecule has 4 aromatic carbocycles. The van der Waals surface area contributed by atoms with Crippen molar-refractivity contribution in [2.24, 2.45) is 0 Å². The molecule has 0 radical (unpaired) electrons. The van der Waals surface area contributed by atoms with Gasteiger partial charge in [-0.25, -0.2) is 4.79 Å². The molecule has 1 fully saturated rings. The van der Waals surface area contributed by atoms with Crippen molar-refractivity contribution in [3.05, 3.63) is 102 Å². The van der Waals surface area contributed by atoms with Gasteiger partial charge in [0.2, 0.25) is 0 Å². The van der Waals surface area contributed by atoms with Crippen LogP contribution < -0.4 is 14.2 Å². The smallest absolute Gasteiger partial charge is 0.407 e. The number of hydrogen-bond donors (Lipinski definition) is 1. The fraction of sp³-hybridized carbons (Fsp3) is 0.378. The number of nitrogens with zero attached hydrogens (tertiary/aromatic N) is 1. The zero-order chi connectivity index (χ0) is 32.5. The molecular formula is C37H45NO7Si. The Morgan fingerprint density at radius 3 is 2.26 bits per heavy atom. The normalized spacial score (nSPS) is 17.4. The van der Waals surface area contributed by atoms with Gasteiger partial charge in [-0.1, -0.05) is 74.2 Å². The maximum absolute atomic E-state index is 11.9. The van der Waals surface area contributed by atoms with Gasteiger partial charge in [0.1, 0.15) is 30.5 Å². The van der Waals surface area contributed by atoms with Gasteiger partial charge in [-0.2, -0.15) is 0 Å². The van der Waals surface area contributed by atoms with E-state index in [2.05, 4.69) is 38.7 Å². The van der Waals surface area contributed by atoms with Gasteiger partial charge in [0.15, 0.2) is 6.79 Å². The molecule has 1 amide bonds. The van der Waals surface area contributed by atoms with E-state index in [0.717, 1.165) is 39.1 Å². The van der Waals surface area contributed by atoms with Crippen LogP contribution in [0.4, 0.5) is 4.79 Å². The van der Waals surface area contributed by atoms with E-state index in [-0.39, 0.29) is 24.5 Å². The predicted octanol–water partition coefficient (Wildman–Crippen LogP) is 7.97. The Balaban J connectivity index is 1.24. The third-order valence-electron chi connectivity index (χ3n) is 8.60. The standard InChI is InChI=1S/C37H45NO7Si/c1-27(46(2,3)4)44-26-45-35-23-28(22-30-10-8-9-13-33(30)35)25-43-36-24-38(37(39)40)19-18-34(36)29-14-16-32(17-15-29)42-21-20-41-31-11-6-5-7-12-31/h5-17,22-23,27,34,36H,18-21,24-26H2,1-4H3,(H,39,40). The SMILES string of the molecule is CC(OCOc1cc(COC2CN(C(=O)O)CCC2c2ccc(OCCOc3ccccc3)cc2)cc2ccccc12)[Si](C)(C)C. The van der Waals surface area contributed by atoms with Crippen molar-refractivity contribution < 1.29 is 33.6 Å². The van der Waals surface area contributed by atoms with Gasteiger partial charge in [-0.05, 0) is 66.3 Å². The second-order valence-corrected chi connectivity index (χ2v) is 18.3. The van der Waals surface area contributed by atoms with Crippen LogP contribution in [0, 0.1) is 0 Å². The molecule has 0 bridgehead atoms. The molecule has 0 spiro atoms. The summed E-state index contributed by atoms with van der Waals surface area (Å²) in [4.78, 5) is 13.3. The highest BCUT2D eigenvalue weighted by atomic mass is 28.3. The lowest BCUT2D eigenvalue weighted by molar-refractivity contribution is -0.0202. The number of piperidine rings is 1. The maximum atomic E-state index is 11.9. The minimum atomic E-state index is -1.45. The van der Waals surface area contributed by atoms with Gasteiger partial charge in [0.25, 0.3) is 0 Å². The van der Waals surface area contributed by atoms with Crippen LogP contribution in [-0.4, -0.2) is 69.1 Å². The van der Waals surface area contributed by atoms with Crippen molar-refractivity contribution in [3.8, 4) is 17.2 Å². The number of benzene rings is 4. The molecule has 1 heterocycles. The van der Waals surface area contributed by atoms with E-state index in [1.807, 2.05) is 78.9 Å². The Kier molecular flexibility index (Phi) is 11.2. The lowest BCUT2D eigenvalue weighted by Gasteiger charge is -2.37. The molecular weight excluding hydrogens is 598 g/mol. The van der Waals surface area contributed by atoms with Gasteiger partial charge in [-0.15, -0.1) is 0 Å². The molecule has 9 heteroatoms. The average molecular weight is 644 g/mol. The van der Waals surface area contributed by atoms with Crippen LogP contribution in [-0.2, 0) is 16.1 Å². The van der Waals surface area contributed by atoms with Crippen molar-refractivity contribution >= 4 is 24.9 Å². The quantitative estimate of drug-likeness (QED) is 0.0847. The monoisotopic (exact) mass is 643 g/mol. The van der Waals surface area contributed by atoms with E-state index >= 15 is 0 Å². The van der Waals surface area contributed by atoms with Crippen molar-refractivity contribution in [3.63, 3.8) is 0 Å². The molecule has 0 aromatic heterocycles. The Hall–Kier alpha value is -4.05. The number of ether oxygens (including phenoxy) is 5. The van der Waals surface area contributed by atoms with Crippen LogP contribution in [0.1, 0.15) is 30.4 Å². The summed E-state index contributed by atoms with van der Waals surface area (Å²) in [5.41, 5.74) is 2.22. The van der Waals surface area contributed by atoms with E-state index < -0.39 is 14.2 Å². The van der Waals surface area contributed by atoms with Crippen molar-refractivity contribution in [1.82, 2.24) is 4.90 Å². The summed E-state index contributed by atoms with van der Waals surface area (Å²) in [6, 6.07) is 29.9. The third kappa shape index (κ3) is 9.02. The average Bonchev–Trinajstić information content (AvgIpc) is 3.06. The van der Waals surface area contributed by atoms with Crippen LogP contribution >= 0.6 is 0 Å². The highest BCUT2D eigenvalue weighted by molar-refractivity contribution is 6.77. The Bertz CT molecular complexity index is 1560. The Morgan fingerprint density at radius 2 is 1.57 bits per heavy atom. The summed E-state index contributed by atoms with van der Waals surface area (Å²) in [5, 5.41) is 11.8. The lowest BCUT2D eigenvalue weighted by Crippen LogP contribution is -2.46. The molecule has 46 heavy (non-hydrogen) atoms. The first-order valence-electron chi connectivity index (χ1n) is 15.9. The second kappa shape index (κ2) is 15.5. The summed E-state index contributed by atoms with van der Waals surface area (Å²) >= 11 is 0. The number of carbonyl (C=O) groups is 1. The summed E-state index contributed by atoms with van der Waals surface area (Å²) in [5.74, 6) is 2.36. The Morgan fingerprint density at radius 1 is 0.891 bits per heavy atom. The zero-order valence-electron chi connectivity index (χ0n) is 27.2. The molecule has 0 aliphatic carbocycles. The molecule has 0 saturated carbocycles. The van der Waals surface area contributed by atoms with E-state index in [9.17, 15) is 9.90 Å². The third-order valence-corrected chi connectivity index (χ3v) is 11.2. The first-order chi connectivity index (χ1) is 22.2. The Labute approximate surface area is 272 Å². The number of para-hydroxylation sites is 1. The van der Waals surface area contributed by atoms with Crippen LogP contribution in [0.25, 0.3) is 10.8 Å². The molecule has 3 atom stereocenters. The fourth-order valence-electron chi connectivity index (χ4n) is 5.48. The summed E-state index contributed by atoms with van der Waals surface area (Å²) < 4.78 is 30.3. The van der Waals surface area contributed by atoms with Crippen LogP contribution in [0.3, 0.4) is 0 Å². The second-order valence-electron chi connectivity index (χ2n) is 12.8. The van der Waals surface area contributed by atoms with Crippen molar-refractivity contribution in [2.75, 3.05) is 33.1 Å². The number of carboxylic acid groups (broad SMARTS) is 1. The van der Waals surface area contributed by atoms with Gasteiger partial charge in [-0.3, -0.25) is 0 Å². The highest BCUT2D eigenvalue weighted by Gasteiger charge is 2.33. The van der Waals surface area contributed by atoms with E-state index in [0.29, 0.717) is 39.3 Å². The predicted molar refractivity (Wildman–Crippen MR) is 183 cm³/mol. The molecule has 8 nitrogen and oxygen atoms in total. The number of amides is 1. The molecule has 1 saturated heterocycles. The van der Waals surface area contributed by atoms with Crippen LogP contribution in [0.5, 0.6) is 17.2 Å². The minimum Gasteiger partial charge on any atom is -0.490 e. The molecule has 5 rings (SSSR count). The molecule has 244 valence electrons. The number of likely N-dealkylation sites (tertiary alicyclic amines) is 1. The topological polar surface area (TPSA) is 86.7 Å².